The van der Waals surface area contributed by atoms with Crippen molar-refractivity contribution < 1.29 is 8.76 Å². The second-order valence-corrected chi connectivity index (χ2v) is 4.27. The monoisotopic (exact) mass is 241 g/mol. The van der Waals surface area contributed by atoms with Crippen LogP contribution >= 0.6 is 15.9 Å². The van der Waals surface area contributed by atoms with Crippen LogP contribution in [-0.2, 0) is 11.1 Å². The Labute approximate surface area is 79.2 Å². The highest BCUT2D eigenvalue weighted by Crippen LogP contribution is 2.04. The van der Waals surface area contributed by atoms with Gasteiger partial charge in [-0.3, -0.25) is 4.21 Å². The Balaban J connectivity index is 2.85. The normalized spacial score (nSPS) is 13.3. The number of alkyl halides is 1. The molecule has 0 bridgehead atoms. The number of hydrogen-bond acceptors (Lipinski definition) is 2. The van der Waals surface area contributed by atoms with E-state index in [1.54, 1.807) is 0 Å². The number of halogens is 1. The first kappa shape index (κ1) is 11.6. The molecule has 0 saturated heterocycles. The summed E-state index contributed by atoms with van der Waals surface area (Å²) >= 11 is 1.51. The van der Waals surface area contributed by atoms with Gasteiger partial charge < -0.3 is 4.55 Å². The van der Waals surface area contributed by atoms with Crippen molar-refractivity contribution in [3.8, 4) is 0 Å². The molecule has 0 aliphatic rings. The maximum absolute atomic E-state index is 10.1. The average Bonchev–Trinajstić information content (AvgIpc) is 1.96. The third-order valence-electron chi connectivity index (χ3n) is 1.44. The molecular weight excluding hydrogens is 228 g/mol. The quantitative estimate of drug-likeness (QED) is 0.390. The minimum atomic E-state index is -1.83. The lowest BCUT2D eigenvalue weighted by atomic mass is 10.2. The minimum absolute atomic E-state index is 0.328. The molecule has 0 aromatic carbocycles. The molecule has 0 aromatic rings. The van der Waals surface area contributed by atoms with Gasteiger partial charge in [0, 0.05) is 11.1 Å². The van der Waals surface area contributed by atoms with E-state index in [9.17, 15) is 8.76 Å². The molecule has 2 nitrogen and oxygen atoms in total. The van der Waals surface area contributed by atoms with E-state index in [1.807, 2.05) is 0 Å². The van der Waals surface area contributed by atoms with Gasteiger partial charge in [0.15, 0.2) is 0 Å². The fraction of sp³-hybridized carbons (Fsp3) is 1.00. The highest BCUT2D eigenvalue weighted by molar-refractivity contribution is 9.09. The molecule has 1 atom stereocenters. The average molecular weight is 242 g/mol. The summed E-state index contributed by atoms with van der Waals surface area (Å²) in [5, 5.41) is 1.06. The van der Waals surface area contributed by atoms with Crippen molar-refractivity contribution in [2.45, 2.75) is 32.1 Å². The highest BCUT2D eigenvalue weighted by Gasteiger charge is 1.89. The van der Waals surface area contributed by atoms with Gasteiger partial charge in [0.05, 0.1) is 0 Å². The van der Waals surface area contributed by atoms with Crippen LogP contribution in [0.2, 0.25) is 0 Å². The van der Waals surface area contributed by atoms with Crippen molar-refractivity contribution in [3.05, 3.63) is 0 Å². The van der Waals surface area contributed by atoms with Gasteiger partial charge in [-0.1, -0.05) is 46.3 Å². The summed E-state index contributed by atoms with van der Waals surface area (Å²) in [5.74, 6) is 0.328. The van der Waals surface area contributed by atoms with E-state index in [1.165, 1.54) is 12.8 Å². The number of unbranched alkanes of at least 4 members (excludes halogenated alkanes) is 4. The SMILES string of the molecule is O=S([O-])CCCCCCCBr. The summed E-state index contributed by atoms with van der Waals surface area (Å²) in [6.07, 6.45) is 5.42. The van der Waals surface area contributed by atoms with Crippen molar-refractivity contribution in [3.63, 3.8) is 0 Å². The van der Waals surface area contributed by atoms with Crippen molar-refractivity contribution in [2.24, 2.45) is 0 Å². The van der Waals surface area contributed by atoms with Gasteiger partial charge >= 0.3 is 0 Å². The largest absolute Gasteiger partial charge is 0.772 e. The fourth-order valence-corrected chi connectivity index (χ4v) is 1.68. The molecule has 0 rings (SSSR count). The molecule has 4 heteroatoms. The zero-order valence-corrected chi connectivity index (χ0v) is 8.95. The molecule has 0 aromatic heterocycles. The summed E-state index contributed by atoms with van der Waals surface area (Å²) in [6.45, 7) is 0. The maximum atomic E-state index is 10.1. The summed E-state index contributed by atoms with van der Waals surface area (Å²) in [4.78, 5) is 0. The maximum Gasteiger partial charge on any atom is 0.0102 e. The van der Waals surface area contributed by atoms with Crippen molar-refractivity contribution in [1.82, 2.24) is 0 Å². The van der Waals surface area contributed by atoms with E-state index < -0.39 is 11.1 Å². The van der Waals surface area contributed by atoms with Crippen LogP contribution in [0.15, 0.2) is 0 Å². The first-order chi connectivity index (χ1) is 5.27. The van der Waals surface area contributed by atoms with E-state index in [0.717, 1.165) is 24.6 Å². The summed E-state index contributed by atoms with van der Waals surface area (Å²) < 4.78 is 20.2. The van der Waals surface area contributed by atoms with Gasteiger partial charge in [-0.05, 0) is 12.8 Å². The third kappa shape index (κ3) is 10.6. The van der Waals surface area contributed by atoms with E-state index in [0.29, 0.717) is 5.75 Å². The van der Waals surface area contributed by atoms with Crippen LogP contribution in [0, 0.1) is 0 Å². The van der Waals surface area contributed by atoms with Crippen molar-refractivity contribution >= 4 is 27.0 Å². The lowest BCUT2D eigenvalue weighted by molar-refractivity contribution is 0.532. The zero-order chi connectivity index (χ0) is 8.53. The Morgan fingerprint density at radius 1 is 1.09 bits per heavy atom. The molecule has 0 spiro atoms. The highest BCUT2D eigenvalue weighted by atomic mass is 79.9. The fourth-order valence-electron chi connectivity index (χ4n) is 0.845. The number of rotatable bonds is 7. The Morgan fingerprint density at radius 2 is 1.64 bits per heavy atom. The zero-order valence-electron chi connectivity index (χ0n) is 6.55. The van der Waals surface area contributed by atoms with E-state index in [2.05, 4.69) is 15.9 Å². The first-order valence-corrected chi connectivity index (χ1v) is 6.25. The molecule has 0 aliphatic heterocycles. The molecule has 0 radical (unpaired) electrons. The van der Waals surface area contributed by atoms with Crippen LogP contribution in [0.25, 0.3) is 0 Å². The molecule has 0 fully saturated rings. The van der Waals surface area contributed by atoms with Gasteiger partial charge in [0.1, 0.15) is 0 Å². The van der Waals surface area contributed by atoms with E-state index >= 15 is 0 Å². The van der Waals surface area contributed by atoms with Gasteiger partial charge in [0.25, 0.3) is 0 Å². The van der Waals surface area contributed by atoms with Crippen LogP contribution in [-0.4, -0.2) is 19.8 Å². The standard InChI is InChI=1S/C7H15BrO2S/c8-6-4-2-1-3-5-7-11(9)10/h1-7H2,(H,9,10)/p-1. The Morgan fingerprint density at radius 3 is 2.18 bits per heavy atom. The third-order valence-corrected chi connectivity index (χ3v) is 2.63. The summed E-state index contributed by atoms with van der Waals surface area (Å²) in [5.41, 5.74) is 0. The Hall–Kier alpha value is 0.590. The summed E-state index contributed by atoms with van der Waals surface area (Å²) in [7, 11) is 0. The predicted molar refractivity (Wildman–Crippen MR) is 50.7 cm³/mol. The lowest BCUT2D eigenvalue weighted by Gasteiger charge is -2.03. The van der Waals surface area contributed by atoms with Crippen molar-refractivity contribution in [1.29, 1.82) is 0 Å². The molecular formula is C7H14BrO2S-. The lowest BCUT2D eigenvalue weighted by Crippen LogP contribution is -1.94. The van der Waals surface area contributed by atoms with Crippen LogP contribution in [0.4, 0.5) is 0 Å². The second kappa shape index (κ2) is 8.68. The summed E-state index contributed by atoms with van der Waals surface area (Å²) in [6, 6.07) is 0. The Bertz CT molecular complexity index is 109. The molecule has 11 heavy (non-hydrogen) atoms. The second-order valence-electron chi connectivity index (χ2n) is 2.46. The molecule has 1 unspecified atom stereocenters. The van der Waals surface area contributed by atoms with Crippen LogP contribution in [0.1, 0.15) is 32.1 Å². The van der Waals surface area contributed by atoms with Gasteiger partial charge in [-0.15, -0.1) is 0 Å². The Kier molecular flexibility index (Phi) is 9.15. The minimum Gasteiger partial charge on any atom is -0.772 e. The van der Waals surface area contributed by atoms with E-state index in [4.69, 9.17) is 0 Å². The number of hydrogen-bond donors (Lipinski definition) is 0. The van der Waals surface area contributed by atoms with Crippen LogP contribution in [0.5, 0.6) is 0 Å². The predicted octanol–water partition coefficient (Wildman–Crippen LogP) is 2.21. The molecule has 68 valence electrons. The van der Waals surface area contributed by atoms with Crippen molar-refractivity contribution in [2.75, 3.05) is 11.1 Å². The first-order valence-electron chi connectivity index (χ1n) is 3.89. The molecule has 0 N–H and O–H groups in total. The van der Waals surface area contributed by atoms with Crippen LogP contribution < -0.4 is 0 Å². The molecule has 0 heterocycles. The molecule has 0 amide bonds. The van der Waals surface area contributed by atoms with Gasteiger partial charge in [-0.2, -0.15) is 0 Å². The van der Waals surface area contributed by atoms with Gasteiger partial charge in [-0.25, -0.2) is 0 Å². The topological polar surface area (TPSA) is 40.1 Å². The smallest absolute Gasteiger partial charge is 0.0102 e. The van der Waals surface area contributed by atoms with Crippen LogP contribution in [0.3, 0.4) is 0 Å². The van der Waals surface area contributed by atoms with Gasteiger partial charge in [0.2, 0.25) is 0 Å². The molecule has 0 aliphatic carbocycles. The van der Waals surface area contributed by atoms with E-state index in [-0.39, 0.29) is 0 Å². The molecule has 0 saturated carbocycles.